The number of rotatable bonds is 2. The van der Waals surface area contributed by atoms with E-state index in [0.717, 1.165) is 15.0 Å². The van der Waals surface area contributed by atoms with E-state index in [-0.39, 0.29) is 18.6 Å². The summed E-state index contributed by atoms with van der Waals surface area (Å²) in [6.45, 7) is 2.28. The summed E-state index contributed by atoms with van der Waals surface area (Å²) in [7, 11) is 0. The SMILES string of the molecule is O=C(c1ccc2c(c1)OCO2)N1CCN(C(=O)c2cc3ccccc3s2)CC1. The van der Waals surface area contributed by atoms with E-state index in [1.807, 2.05) is 35.2 Å². The number of carbonyl (C=O) groups is 2. The van der Waals surface area contributed by atoms with Gasteiger partial charge in [-0.2, -0.15) is 0 Å². The maximum Gasteiger partial charge on any atom is 0.264 e. The highest BCUT2D eigenvalue weighted by atomic mass is 32.1. The first-order valence-corrected chi connectivity index (χ1v) is 9.97. The van der Waals surface area contributed by atoms with Crippen molar-refractivity contribution in [3.05, 3.63) is 59.0 Å². The summed E-state index contributed by atoms with van der Waals surface area (Å²) in [6.07, 6.45) is 0. The Morgan fingerprint density at radius 2 is 1.54 bits per heavy atom. The highest BCUT2D eigenvalue weighted by Gasteiger charge is 2.27. The van der Waals surface area contributed by atoms with Gasteiger partial charge in [-0.05, 0) is 35.7 Å². The van der Waals surface area contributed by atoms with Crippen molar-refractivity contribution >= 4 is 33.2 Å². The van der Waals surface area contributed by atoms with Gasteiger partial charge >= 0.3 is 0 Å². The van der Waals surface area contributed by atoms with Crippen molar-refractivity contribution in [2.24, 2.45) is 0 Å². The molecule has 0 N–H and O–H groups in total. The lowest BCUT2D eigenvalue weighted by Gasteiger charge is -2.34. The van der Waals surface area contributed by atoms with Crippen LogP contribution in [0, 0.1) is 0 Å². The number of thiophene rings is 1. The summed E-state index contributed by atoms with van der Waals surface area (Å²) >= 11 is 1.52. The van der Waals surface area contributed by atoms with Crippen LogP contribution in [0.15, 0.2) is 48.5 Å². The van der Waals surface area contributed by atoms with Gasteiger partial charge in [0.15, 0.2) is 11.5 Å². The van der Waals surface area contributed by atoms with E-state index >= 15 is 0 Å². The summed E-state index contributed by atoms with van der Waals surface area (Å²) < 4.78 is 11.8. The molecule has 1 saturated heterocycles. The van der Waals surface area contributed by atoms with Crippen LogP contribution < -0.4 is 9.47 Å². The summed E-state index contributed by atoms with van der Waals surface area (Å²) in [5, 5.41) is 1.09. The van der Waals surface area contributed by atoms with Gasteiger partial charge in [0.2, 0.25) is 6.79 Å². The minimum Gasteiger partial charge on any atom is -0.454 e. The number of fused-ring (bicyclic) bond motifs is 2. The third kappa shape index (κ3) is 2.97. The fourth-order valence-electron chi connectivity index (χ4n) is 3.57. The lowest BCUT2D eigenvalue weighted by molar-refractivity contribution is 0.0538. The van der Waals surface area contributed by atoms with Gasteiger partial charge in [0, 0.05) is 36.4 Å². The number of carbonyl (C=O) groups excluding carboxylic acids is 2. The lowest BCUT2D eigenvalue weighted by atomic mass is 10.1. The minimum absolute atomic E-state index is 0.0383. The maximum absolute atomic E-state index is 12.8. The highest BCUT2D eigenvalue weighted by Crippen LogP contribution is 2.33. The molecule has 3 aromatic rings. The molecule has 0 atom stereocenters. The van der Waals surface area contributed by atoms with Gasteiger partial charge in [-0.15, -0.1) is 11.3 Å². The van der Waals surface area contributed by atoms with Crippen molar-refractivity contribution in [2.75, 3.05) is 33.0 Å². The summed E-state index contributed by atoms with van der Waals surface area (Å²) in [5.41, 5.74) is 0.577. The first kappa shape index (κ1) is 17.1. The lowest BCUT2D eigenvalue weighted by Crippen LogP contribution is -2.50. The van der Waals surface area contributed by atoms with Crippen molar-refractivity contribution in [3.8, 4) is 11.5 Å². The molecule has 2 aromatic carbocycles. The number of piperazine rings is 1. The van der Waals surface area contributed by atoms with E-state index in [1.165, 1.54) is 11.3 Å². The number of hydrogen-bond acceptors (Lipinski definition) is 5. The molecule has 142 valence electrons. The molecule has 1 aromatic heterocycles. The third-order valence-corrected chi connectivity index (χ3v) is 6.21. The molecule has 0 saturated carbocycles. The molecule has 0 bridgehead atoms. The number of ether oxygens (including phenoxy) is 2. The van der Waals surface area contributed by atoms with Crippen molar-refractivity contribution in [3.63, 3.8) is 0 Å². The number of benzene rings is 2. The van der Waals surface area contributed by atoms with Crippen molar-refractivity contribution in [2.45, 2.75) is 0 Å². The Kier molecular flexibility index (Phi) is 4.16. The van der Waals surface area contributed by atoms with E-state index in [9.17, 15) is 9.59 Å². The van der Waals surface area contributed by atoms with Crippen LogP contribution in [0.5, 0.6) is 11.5 Å². The average Bonchev–Trinajstić information content (AvgIpc) is 3.39. The van der Waals surface area contributed by atoms with Crippen LogP contribution in [0.25, 0.3) is 10.1 Å². The Morgan fingerprint density at radius 1 is 0.821 bits per heavy atom. The van der Waals surface area contributed by atoms with Gasteiger partial charge in [0.1, 0.15) is 0 Å². The van der Waals surface area contributed by atoms with Crippen LogP contribution >= 0.6 is 11.3 Å². The van der Waals surface area contributed by atoms with E-state index in [4.69, 9.17) is 9.47 Å². The Labute approximate surface area is 165 Å². The molecule has 7 heteroatoms. The zero-order chi connectivity index (χ0) is 19.1. The minimum atomic E-state index is -0.0488. The summed E-state index contributed by atoms with van der Waals surface area (Å²) in [5.74, 6) is 1.25. The standard InChI is InChI=1S/C21H18N2O4S/c24-20(15-5-6-16-17(11-15)27-13-26-16)22-7-9-23(10-8-22)21(25)19-12-14-3-1-2-4-18(14)28-19/h1-6,11-12H,7-10,13H2. The second kappa shape index (κ2) is 6.83. The Hall–Kier alpha value is -3.06. The Bertz CT molecular complexity index is 1040. The first-order chi connectivity index (χ1) is 13.7. The molecule has 3 heterocycles. The van der Waals surface area contributed by atoms with Crippen LogP contribution in [0.3, 0.4) is 0 Å². The van der Waals surface area contributed by atoms with Crippen molar-refractivity contribution in [1.29, 1.82) is 0 Å². The Balaban J connectivity index is 1.25. The van der Waals surface area contributed by atoms with Gasteiger partial charge in [-0.1, -0.05) is 18.2 Å². The monoisotopic (exact) mass is 394 g/mol. The molecule has 0 spiro atoms. The van der Waals surface area contributed by atoms with Gasteiger partial charge in [-0.25, -0.2) is 0 Å². The molecule has 6 nitrogen and oxygen atoms in total. The quantitative estimate of drug-likeness (QED) is 0.670. The average molecular weight is 394 g/mol. The zero-order valence-corrected chi connectivity index (χ0v) is 15.9. The van der Waals surface area contributed by atoms with Gasteiger partial charge < -0.3 is 19.3 Å². The molecule has 28 heavy (non-hydrogen) atoms. The first-order valence-electron chi connectivity index (χ1n) is 9.16. The predicted octanol–water partition coefficient (Wildman–Crippen LogP) is 3.23. The largest absolute Gasteiger partial charge is 0.454 e. The maximum atomic E-state index is 12.8. The molecular weight excluding hydrogens is 376 g/mol. The predicted molar refractivity (Wildman–Crippen MR) is 106 cm³/mol. The molecule has 2 amide bonds. The molecule has 1 fully saturated rings. The summed E-state index contributed by atoms with van der Waals surface area (Å²) in [6, 6.07) is 15.2. The third-order valence-electron chi connectivity index (χ3n) is 5.11. The normalized spacial score (nSPS) is 15.9. The van der Waals surface area contributed by atoms with Crippen LogP contribution in [-0.2, 0) is 0 Å². The van der Waals surface area contributed by atoms with E-state index in [1.54, 1.807) is 23.1 Å². The molecule has 0 aliphatic carbocycles. The Morgan fingerprint density at radius 3 is 2.32 bits per heavy atom. The highest BCUT2D eigenvalue weighted by molar-refractivity contribution is 7.20. The molecule has 5 rings (SSSR count). The molecule has 2 aliphatic rings. The molecule has 2 aliphatic heterocycles. The van der Waals surface area contributed by atoms with Crippen LogP contribution in [0.4, 0.5) is 0 Å². The van der Waals surface area contributed by atoms with Gasteiger partial charge in [0.05, 0.1) is 4.88 Å². The van der Waals surface area contributed by atoms with Gasteiger partial charge in [0.25, 0.3) is 11.8 Å². The molecule has 0 unspecified atom stereocenters. The zero-order valence-electron chi connectivity index (χ0n) is 15.1. The van der Waals surface area contributed by atoms with Crippen LogP contribution in [0.2, 0.25) is 0 Å². The van der Waals surface area contributed by atoms with E-state index in [0.29, 0.717) is 43.2 Å². The fourth-order valence-corrected chi connectivity index (χ4v) is 4.60. The van der Waals surface area contributed by atoms with Crippen LogP contribution in [0.1, 0.15) is 20.0 Å². The van der Waals surface area contributed by atoms with Crippen molar-refractivity contribution in [1.82, 2.24) is 9.80 Å². The number of nitrogens with zero attached hydrogens (tertiary/aromatic N) is 2. The summed E-state index contributed by atoms with van der Waals surface area (Å²) in [4.78, 5) is 30.0. The smallest absolute Gasteiger partial charge is 0.264 e. The number of amides is 2. The topological polar surface area (TPSA) is 59.1 Å². The van der Waals surface area contributed by atoms with E-state index in [2.05, 4.69) is 0 Å². The molecule has 0 radical (unpaired) electrons. The second-order valence-corrected chi connectivity index (χ2v) is 7.88. The fraction of sp³-hybridized carbons (Fsp3) is 0.238. The van der Waals surface area contributed by atoms with Crippen LogP contribution in [-0.4, -0.2) is 54.6 Å². The van der Waals surface area contributed by atoms with E-state index < -0.39 is 0 Å². The number of hydrogen-bond donors (Lipinski definition) is 0. The second-order valence-electron chi connectivity index (χ2n) is 6.80. The molecular formula is C21H18N2O4S. The van der Waals surface area contributed by atoms with Gasteiger partial charge in [-0.3, -0.25) is 9.59 Å². The van der Waals surface area contributed by atoms with Crippen molar-refractivity contribution < 1.29 is 19.1 Å².